The average Bonchev–Trinajstić information content (AvgIpc) is 3.91. The Hall–Kier alpha value is -4.36. The predicted octanol–water partition coefficient (Wildman–Crippen LogP) is 14.6. The summed E-state index contributed by atoms with van der Waals surface area (Å²) in [5.74, 6) is 1.38. The van der Waals surface area contributed by atoms with Crippen LogP contribution >= 0.6 is 0 Å². The Morgan fingerprint density at radius 2 is 0.900 bits per heavy atom. The molecule has 0 unspecified atom stereocenters. The van der Waals surface area contributed by atoms with E-state index < -0.39 is 0 Å². The molecule has 0 fully saturated rings. The second kappa shape index (κ2) is 19.1. The van der Waals surface area contributed by atoms with Crippen molar-refractivity contribution in [3.05, 3.63) is 180 Å². The summed E-state index contributed by atoms with van der Waals surface area (Å²) in [7, 11) is 0.795. The monoisotopic (exact) mass is 875 g/mol. The van der Waals surface area contributed by atoms with Gasteiger partial charge in [0.1, 0.15) is 0 Å². The molecule has 2 heteroatoms. The number of hydrogen-bond donors (Lipinski definition) is 0. The van der Waals surface area contributed by atoms with Gasteiger partial charge in [-0.25, -0.2) is 0 Å². The van der Waals surface area contributed by atoms with E-state index in [1.54, 1.807) is 0 Å². The minimum atomic E-state index is 0. The van der Waals surface area contributed by atoms with Crippen molar-refractivity contribution < 1.29 is 26.2 Å². The normalized spacial score (nSPS) is 12.1. The molecule has 60 heavy (non-hydrogen) atoms. The molecule has 9 rings (SSSR count). The summed E-state index contributed by atoms with van der Waals surface area (Å²) in [6.45, 7) is 22.9. The van der Waals surface area contributed by atoms with Crippen molar-refractivity contribution >= 4 is 41.4 Å². The average molecular weight is 877 g/mol. The fraction of sp³-hybridized carbons (Fsp3) is 0.276. The van der Waals surface area contributed by atoms with E-state index in [1.165, 1.54) is 87.6 Å². The number of fused-ring (bicyclic) bond motifs is 5. The zero-order valence-electron chi connectivity index (χ0n) is 37.5. The van der Waals surface area contributed by atoms with Crippen LogP contribution < -0.4 is 10.4 Å². The summed E-state index contributed by atoms with van der Waals surface area (Å²) in [5.41, 5.74) is 14.3. The first-order chi connectivity index (χ1) is 28.2. The molecule has 0 saturated carbocycles. The maximum absolute atomic E-state index is 3.31. The summed E-state index contributed by atoms with van der Waals surface area (Å²) in [4.78, 5) is 0. The van der Waals surface area contributed by atoms with E-state index in [0.717, 1.165) is 22.4 Å². The summed E-state index contributed by atoms with van der Waals surface area (Å²) in [6, 6.07) is 58.8. The Morgan fingerprint density at radius 3 is 1.37 bits per heavy atom. The third-order valence-electron chi connectivity index (χ3n) is 11.3. The van der Waals surface area contributed by atoms with Crippen LogP contribution in [0.5, 0.6) is 0 Å². The standard InChI is InChI=1S/2C23H27.C12H7Si.Zr/c2*1-16(2)13-17-14-18-9-8-11-19(21(18)15-17)20-10-6-7-12-22(20)23(3,4)5;1-3-7-11-9(5-1)10-6-2-4-8-12(10)13-11;/h2*6-12,14-16H,13H2,1-5H3;1-7H;/q3*-1;+3. The Bertz CT molecular complexity index is 2480. The zero-order valence-corrected chi connectivity index (χ0v) is 41.0. The predicted molar refractivity (Wildman–Crippen MR) is 260 cm³/mol. The topological polar surface area (TPSA) is 0 Å². The molecule has 1 heterocycles. The van der Waals surface area contributed by atoms with Gasteiger partial charge in [-0.15, -0.1) is 74.6 Å². The van der Waals surface area contributed by atoms with Crippen LogP contribution in [0.4, 0.5) is 0 Å². The molecule has 8 aromatic rings. The SMILES string of the molecule is CC(C)Cc1cc2c(-c3ccccc3C(C)(C)C)cccc2[cH-]1.CC(C)Cc1cc2c(-c3ccccc3C(C)(C)C)cccc2[cH-]1.[Zr+3].[c-]1cccc2c1[Si]c1ccccc1-2. The molecule has 0 bridgehead atoms. The molecular formula is C58H61SiZr. The van der Waals surface area contributed by atoms with E-state index >= 15 is 0 Å². The minimum Gasteiger partial charge on any atom is -0.184 e. The van der Waals surface area contributed by atoms with Crippen molar-refractivity contribution in [1.82, 2.24) is 0 Å². The molecule has 0 saturated heterocycles. The van der Waals surface area contributed by atoms with Gasteiger partial charge in [0.25, 0.3) is 0 Å². The summed E-state index contributed by atoms with van der Waals surface area (Å²) in [5, 5.41) is 8.33. The fourth-order valence-electron chi connectivity index (χ4n) is 8.71. The number of benzene rings is 6. The number of rotatable bonds is 6. The number of hydrogen-bond acceptors (Lipinski definition) is 0. The second-order valence-electron chi connectivity index (χ2n) is 19.3. The molecule has 1 aliphatic rings. The van der Waals surface area contributed by atoms with Crippen molar-refractivity contribution in [2.24, 2.45) is 11.8 Å². The van der Waals surface area contributed by atoms with Crippen LogP contribution in [0.25, 0.3) is 54.9 Å². The van der Waals surface area contributed by atoms with Gasteiger partial charge in [-0.2, -0.15) is 41.6 Å². The van der Waals surface area contributed by atoms with Gasteiger partial charge < -0.3 is 0 Å². The van der Waals surface area contributed by atoms with Crippen molar-refractivity contribution in [3.8, 4) is 33.4 Å². The third-order valence-corrected chi connectivity index (χ3v) is 12.7. The van der Waals surface area contributed by atoms with Gasteiger partial charge >= 0.3 is 26.2 Å². The van der Waals surface area contributed by atoms with Crippen LogP contribution in [0.1, 0.15) is 91.5 Å². The molecule has 0 aliphatic carbocycles. The zero-order chi connectivity index (χ0) is 41.9. The van der Waals surface area contributed by atoms with E-state index in [9.17, 15) is 0 Å². The van der Waals surface area contributed by atoms with Crippen LogP contribution in [-0.2, 0) is 49.9 Å². The Morgan fingerprint density at radius 1 is 0.483 bits per heavy atom. The molecule has 0 amide bonds. The van der Waals surface area contributed by atoms with Crippen LogP contribution in [0, 0.1) is 17.9 Å². The molecule has 301 valence electrons. The molecule has 3 radical (unpaired) electrons. The summed E-state index contributed by atoms with van der Waals surface area (Å²) in [6.07, 6.45) is 2.30. The quantitative estimate of drug-likeness (QED) is 0.115. The van der Waals surface area contributed by atoms with Gasteiger partial charge in [0.05, 0.1) is 9.52 Å². The van der Waals surface area contributed by atoms with E-state index in [1.807, 2.05) is 6.07 Å². The molecule has 0 aromatic heterocycles. The van der Waals surface area contributed by atoms with Crippen molar-refractivity contribution in [2.75, 3.05) is 0 Å². The van der Waals surface area contributed by atoms with Crippen molar-refractivity contribution in [2.45, 2.75) is 92.9 Å². The van der Waals surface area contributed by atoms with E-state index in [-0.39, 0.29) is 37.0 Å². The molecule has 0 nitrogen and oxygen atoms in total. The van der Waals surface area contributed by atoms with Gasteiger partial charge in [-0.3, -0.25) is 0 Å². The van der Waals surface area contributed by atoms with Crippen LogP contribution in [0.2, 0.25) is 0 Å². The third kappa shape index (κ3) is 10.4. The second-order valence-corrected chi connectivity index (χ2v) is 20.5. The molecule has 8 aromatic carbocycles. The van der Waals surface area contributed by atoms with Gasteiger partial charge in [0.15, 0.2) is 0 Å². The van der Waals surface area contributed by atoms with E-state index in [2.05, 4.69) is 221 Å². The van der Waals surface area contributed by atoms with Crippen LogP contribution in [0.3, 0.4) is 0 Å². The Kier molecular flexibility index (Phi) is 14.4. The van der Waals surface area contributed by atoms with Gasteiger partial charge in [0.2, 0.25) is 0 Å². The Labute approximate surface area is 383 Å². The molecular weight excluding hydrogens is 816 g/mol. The summed E-state index contributed by atoms with van der Waals surface area (Å²) >= 11 is 0. The fourth-order valence-corrected chi connectivity index (χ4v) is 10.0. The first kappa shape index (κ1) is 45.2. The van der Waals surface area contributed by atoms with Gasteiger partial charge in [0, 0.05) is 0 Å². The van der Waals surface area contributed by atoms with Crippen molar-refractivity contribution in [3.63, 3.8) is 0 Å². The maximum Gasteiger partial charge on any atom is 3.00 e. The molecule has 0 spiro atoms. The molecule has 1 aliphatic heterocycles. The first-order valence-electron chi connectivity index (χ1n) is 21.6. The molecule has 0 atom stereocenters. The smallest absolute Gasteiger partial charge is 0.184 e. The largest absolute Gasteiger partial charge is 3.00 e. The molecule has 0 N–H and O–H groups in total. The van der Waals surface area contributed by atoms with Crippen LogP contribution in [0.15, 0.2) is 152 Å². The first-order valence-corrected chi connectivity index (χ1v) is 22.6. The van der Waals surface area contributed by atoms with Gasteiger partial charge in [-0.05, 0) is 57.8 Å². The summed E-state index contributed by atoms with van der Waals surface area (Å²) < 4.78 is 0. The van der Waals surface area contributed by atoms with Crippen LogP contribution in [-0.4, -0.2) is 9.52 Å². The van der Waals surface area contributed by atoms with Gasteiger partial charge in [-0.1, -0.05) is 176 Å². The minimum absolute atomic E-state index is 0. The van der Waals surface area contributed by atoms with Crippen molar-refractivity contribution in [1.29, 1.82) is 0 Å². The van der Waals surface area contributed by atoms with E-state index in [4.69, 9.17) is 0 Å². The van der Waals surface area contributed by atoms with E-state index in [0.29, 0.717) is 11.8 Å². The Balaban J connectivity index is 0.000000155. The maximum atomic E-state index is 3.31.